The first-order chi connectivity index (χ1) is 9.58. The molecule has 1 heterocycles. The molecule has 1 aromatic carbocycles. The number of hydrogen-bond acceptors (Lipinski definition) is 4. The van der Waals surface area contributed by atoms with Crippen LogP contribution in [0.4, 0.5) is 4.39 Å². The molecule has 0 aliphatic heterocycles. The van der Waals surface area contributed by atoms with Crippen molar-refractivity contribution < 1.29 is 14.0 Å². The van der Waals surface area contributed by atoms with Crippen molar-refractivity contribution in [2.24, 2.45) is 10.8 Å². The second kappa shape index (κ2) is 5.74. The summed E-state index contributed by atoms with van der Waals surface area (Å²) in [4.78, 5) is 21.4. The maximum Gasteiger partial charge on any atom is 0.329 e. The van der Waals surface area contributed by atoms with Gasteiger partial charge in [-0.2, -0.15) is 10.2 Å². The number of amides is 2. The molecule has 0 radical (unpaired) electrons. The number of primary amides is 1. The zero-order valence-electron chi connectivity index (χ0n) is 10.1. The Morgan fingerprint density at radius 2 is 2.05 bits per heavy atom. The lowest BCUT2D eigenvalue weighted by atomic mass is 10.1. The van der Waals surface area contributed by atoms with E-state index in [1.54, 1.807) is 12.1 Å². The Kier molecular flexibility index (Phi) is 3.85. The van der Waals surface area contributed by atoms with E-state index in [1.165, 1.54) is 24.5 Å². The Balaban J connectivity index is 2.17. The Morgan fingerprint density at radius 1 is 1.35 bits per heavy atom. The third-order valence-electron chi connectivity index (χ3n) is 2.40. The first-order valence-electron chi connectivity index (χ1n) is 5.50. The molecule has 0 unspecified atom stereocenters. The molecule has 0 aliphatic rings. The fourth-order valence-electron chi connectivity index (χ4n) is 1.46. The summed E-state index contributed by atoms with van der Waals surface area (Å²) >= 11 is 0. The highest BCUT2D eigenvalue weighted by Crippen LogP contribution is 2.19. The third-order valence-corrected chi connectivity index (χ3v) is 2.40. The number of carbonyl (C=O) groups excluding carboxylic acids is 2. The number of nitrogens with one attached hydrogen (secondary N) is 2. The monoisotopic (exact) mass is 275 g/mol. The third kappa shape index (κ3) is 3.05. The van der Waals surface area contributed by atoms with E-state index in [0.29, 0.717) is 16.8 Å². The van der Waals surface area contributed by atoms with Crippen LogP contribution in [0.2, 0.25) is 0 Å². The van der Waals surface area contributed by atoms with Crippen LogP contribution in [-0.2, 0) is 9.59 Å². The topological polar surface area (TPSA) is 113 Å². The number of hydrazone groups is 1. The standard InChI is InChI=1S/C12H10FN5O2/c13-9-3-1-7(2-4-9)10-8(5-15-17-10)6-16-18-12(20)11(14)19/h1-6H,(H2,14,19)(H,15,17)(H,18,20). The molecule has 2 aromatic rings. The predicted molar refractivity (Wildman–Crippen MR) is 68.9 cm³/mol. The predicted octanol–water partition coefficient (Wildman–Crippen LogP) is 0.151. The van der Waals surface area contributed by atoms with Crippen LogP contribution in [-0.4, -0.2) is 28.2 Å². The molecule has 20 heavy (non-hydrogen) atoms. The molecule has 2 rings (SSSR count). The minimum Gasteiger partial charge on any atom is -0.361 e. The van der Waals surface area contributed by atoms with Crippen LogP contribution in [0, 0.1) is 5.82 Å². The maximum absolute atomic E-state index is 12.9. The van der Waals surface area contributed by atoms with E-state index in [2.05, 4.69) is 15.3 Å². The van der Waals surface area contributed by atoms with Gasteiger partial charge in [0.05, 0.1) is 18.1 Å². The van der Waals surface area contributed by atoms with Crippen molar-refractivity contribution >= 4 is 18.0 Å². The van der Waals surface area contributed by atoms with Crippen molar-refractivity contribution in [3.05, 3.63) is 41.8 Å². The normalized spacial score (nSPS) is 10.7. The van der Waals surface area contributed by atoms with Crippen LogP contribution < -0.4 is 11.2 Å². The molecule has 4 N–H and O–H groups in total. The van der Waals surface area contributed by atoms with Crippen molar-refractivity contribution in [3.63, 3.8) is 0 Å². The summed E-state index contributed by atoms with van der Waals surface area (Å²) in [7, 11) is 0. The molecule has 0 aliphatic carbocycles. The number of aromatic nitrogens is 2. The number of benzene rings is 1. The Labute approximate surface area is 112 Å². The number of hydrogen-bond donors (Lipinski definition) is 3. The minimum absolute atomic E-state index is 0.350. The fraction of sp³-hybridized carbons (Fsp3) is 0. The fourth-order valence-corrected chi connectivity index (χ4v) is 1.46. The Hall–Kier alpha value is -3.03. The summed E-state index contributed by atoms with van der Waals surface area (Å²) in [6.07, 6.45) is 2.77. The largest absolute Gasteiger partial charge is 0.361 e. The molecular formula is C12H10FN5O2. The van der Waals surface area contributed by atoms with Crippen LogP contribution in [0.5, 0.6) is 0 Å². The van der Waals surface area contributed by atoms with Gasteiger partial charge in [-0.3, -0.25) is 14.7 Å². The van der Waals surface area contributed by atoms with Crippen LogP contribution in [0.3, 0.4) is 0 Å². The second-order valence-electron chi connectivity index (χ2n) is 3.77. The van der Waals surface area contributed by atoms with Gasteiger partial charge in [0.15, 0.2) is 0 Å². The lowest BCUT2D eigenvalue weighted by Gasteiger charge is -1.99. The van der Waals surface area contributed by atoms with Crippen molar-refractivity contribution in [1.29, 1.82) is 0 Å². The number of nitrogens with zero attached hydrogens (tertiary/aromatic N) is 2. The van der Waals surface area contributed by atoms with Crippen molar-refractivity contribution in [2.75, 3.05) is 0 Å². The summed E-state index contributed by atoms with van der Waals surface area (Å²) in [5.74, 6) is -2.50. The van der Waals surface area contributed by atoms with Crippen LogP contribution in [0.25, 0.3) is 11.3 Å². The molecule has 0 spiro atoms. The molecule has 1 aromatic heterocycles. The number of nitrogens with two attached hydrogens (primary N) is 1. The quantitative estimate of drug-likeness (QED) is 0.421. The van der Waals surface area contributed by atoms with Gasteiger partial charge in [-0.05, 0) is 24.3 Å². The molecule has 8 heteroatoms. The average molecular weight is 275 g/mol. The van der Waals surface area contributed by atoms with Gasteiger partial charge in [-0.25, -0.2) is 9.82 Å². The number of rotatable bonds is 3. The Bertz CT molecular complexity index is 663. The van der Waals surface area contributed by atoms with Crippen LogP contribution >= 0.6 is 0 Å². The molecule has 0 atom stereocenters. The molecule has 0 saturated heterocycles. The van der Waals surface area contributed by atoms with Crippen LogP contribution in [0.15, 0.2) is 35.6 Å². The van der Waals surface area contributed by atoms with Crippen molar-refractivity contribution in [3.8, 4) is 11.3 Å². The van der Waals surface area contributed by atoms with E-state index in [-0.39, 0.29) is 5.82 Å². The summed E-state index contributed by atoms with van der Waals surface area (Å²) in [6, 6.07) is 5.77. The van der Waals surface area contributed by atoms with Crippen molar-refractivity contribution in [2.45, 2.75) is 0 Å². The molecule has 102 valence electrons. The molecular weight excluding hydrogens is 265 g/mol. The highest BCUT2D eigenvalue weighted by molar-refractivity contribution is 6.34. The molecule has 7 nitrogen and oxygen atoms in total. The Morgan fingerprint density at radius 3 is 2.70 bits per heavy atom. The summed E-state index contributed by atoms with van der Waals surface area (Å²) < 4.78 is 12.9. The highest BCUT2D eigenvalue weighted by Gasteiger charge is 2.08. The molecule has 0 bridgehead atoms. The van der Waals surface area contributed by atoms with Gasteiger partial charge >= 0.3 is 11.8 Å². The lowest BCUT2D eigenvalue weighted by molar-refractivity contribution is -0.137. The number of carbonyl (C=O) groups is 2. The van der Waals surface area contributed by atoms with Gasteiger partial charge in [0.1, 0.15) is 5.82 Å². The van der Waals surface area contributed by atoms with Gasteiger partial charge in [0.25, 0.3) is 0 Å². The summed E-state index contributed by atoms with van der Waals surface area (Å²) in [5, 5.41) is 10.2. The zero-order chi connectivity index (χ0) is 14.5. The minimum atomic E-state index is -1.13. The van der Waals surface area contributed by atoms with E-state index < -0.39 is 11.8 Å². The second-order valence-corrected chi connectivity index (χ2v) is 3.77. The van der Waals surface area contributed by atoms with E-state index in [1.807, 2.05) is 5.43 Å². The first kappa shape index (κ1) is 13.4. The smallest absolute Gasteiger partial charge is 0.329 e. The number of aromatic amines is 1. The summed E-state index contributed by atoms with van der Waals surface area (Å²) in [6.45, 7) is 0. The highest BCUT2D eigenvalue weighted by atomic mass is 19.1. The van der Waals surface area contributed by atoms with E-state index in [0.717, 1.165) is 0 Å². The molecule has 2 amide bonds. The first-order valence-corrected chi connectivity index (χ1v) is 5.50. The van der Waals surface area contributed by atoms with Gasteiger partial charge in [-0.1, -0.05) is 0 Å². The maximum atomic E-state index is 12.9. The lowest BCUT2D eigenvalue weighted by Crippen LogP contribution is -2.32. The van der Waals surface area contributed by atoms with Gasteiger partial charge in [0, 0.05) is 11.1 Å². The van der Waals surface area contributed by atoms with E-state index in [4.69, 9.17) is 5.73 Å². The zero-order valence-corrected chi connectivity index (χ0v) is 10.1. The van der Waals surface area contributed by atoms with Crippen LogP contribution in [0.1, 0.15) is 5.56 Å². The number of H-pyrrole nitrogens is 1. The van der Waals surface area contributed by atoms with Crippen molar-refractivity contribution in [1.82, 2.24) is 15.6 Å². The SMILES string of the molecule is NC(=O)C(=O)NN=Cc1cn[nH]c1-c1ccc(F)cc1. The average Bonchev–Trinajstić information content (AvgIpc) is 2.88. The number of halogens is 1. The summed E-state index contributed by atoms with van der Waals surface area (Å²) in [5.41, 5.74) is 8.57. The molecule has 0 saturated carbocycles. The van der Waals surface area contributed by atoms with Gasteiger partial charge < -0.3 is 5.73 Å². The van der Waals surface area contributed by atoms with E-state index in [9.17, 15) is 14.0 Å². The van der Waals surface area contributed by atoms with Gasteiger partial charge in [0.2, 0.25) is 0 Å². The van der Waals surface area contributed by atoms with Gasteiger partial charge in [-0.15, -0.1) is 0 Å². The molecule has 0 fully saturated rings. The van der Waals surface area contributed by atoms with E-state index >= 15 is 0 Å².